The second-order valence-electron chi connectivity index (χ2n) is 7.56. The van der Waals surface area contributed by atoms with E-state index in [2.05, 4.69) is 5.73 Å². The van der Waals surface area contributed by atoms with Gasteiger partial charge in [-0.15, -0.1) is 5.73 Å². The number of aliphatic hydroxyl groups is 6. The standard InChI is InChI=1S/C23H22F6O6/c24-13-4-6-15(26)18(28)11(13)3-1-2-10(8-12-14(25)5-7-16(27)19(12)29)20(32)22(34)23(35)21(33)17(31)9-30/h1,4-7,17,20-23,30-35H,3,8-9H2/t2?,17-,20?,21+,22+,23-/m0/s1. The molecule has 6 N–H and O–H groups in total. The van der Waals surface area contributed by atoms with Gasteiger partial charge in [0.25, 0.3) is 0 Å². The van der Waals surface area contributed by atoms with Crippen molar-refractivity contribution in [3.8, 4) is 0 Å². The molecule has 0 radical (unpaired) electrons. The van der Waals surface area contributed by atoms with Gasteiger partial charge in [0.1, 0.15) is 42.2 Å². The molecule has 2 aromatic carbocycles. The molecule has 12 heteroatoms. The fourth-order valence-corrected chi connectivity index (χ4v) is 3.13. The maximum Gasteiger partial charge on any atom is 0.165 e. The van der Waals surface area contributed by atoms with Gasteiger partial charge >= 0.3 is 0 Å². The molecule has 0 bridgehead atoms. The normalized spacial score (nSPS) is 15.7. The average Bonchev–Trinajstić information content (AvgIpc) is 2.84. The minimum Gasteiger partial charge on any atom is -0.394 e. The van der Waals surface area contributed by atoms with E-state index in [4.69, 9.17) is 5.11 Å². The number of hydrogen-bond donors (Lipinski definition) is 6. The molecule has 0 aliphatic rings. The zero-order valence-electron chi connectivity index (χ0n) is 17.8. The van der Waals surface area contributed by atoms with E-state index in [0.29, 0.717) is 24.3 Å². The Morgan fingerprint density at radius 3 is 1.74 bits per heavy atom. The van der Waals surface area contributed by atoms with E-state index in [9.17, 15) is 51.9 Å². The minimum absolute atomic E-state index is 0.491. The smallest absolute Gasteiger partial charge is 0.165 e. The van der Waals surface area contributed by atoms with Crippen LogP contribution in [0, 0.1) is 34.9 Å². The van der Waals surface area contributed by atoms with E-state index in [1.165, 1.54) is 0 Å². The minimum atomic E-state index is -2.34. The molecule has 0 aliphatic heterocycles. The highest BCUT2D eigenvalue weighted by Gasteiger charge is 2.36. The first-order valence-corrected chi connectivity index (χ1v) is 10.1. The summed E-state index contributed by atoms with van der Waals surface area (Å²) in [4.78, 5) is 0. The van der Waals surface area contributed by atoms with E-state index < -0.39 is 102 Å². The number of halogens is 6. The Morgan fingerprint density at radius 2 is 1.20 bits per heavy atom. The average molecular weight is 508 g/mol. The van der Waals surface area contributed by atoms with Gasteiger partial charge in [0.2, 0.25) is 0 Å². The lowest BCUT2D eigenvalue weighted by molar-refractivity contribution is -0.134. The summed E-state index contributed by atoms with van der Waals surface area (Å²) in [6.07, 6.45) is -11.8. The Hall–Kier alpha value is -2.70. The van der Waals surface area contributed by atoms with Crippen LogP contribution in [0.1, 0.15) is 11.1 Å². The summed E-state index contributed by atoms with van der Waals surface area (Å²) >= 11 is 0. The number of hydrogen-bond acceptors (Lipinski definition) is 6. The second-order valence-corrected chi connectivity index (χ2v) is 7.56. The molecule has 6 nitrogen and oxygen atoms in total. The molecule has 0 fully saturated rings. The number of rotatable bonds is 10. The van der Waals surface area contributed by atoms with Crippen LogP contribution in [0.3, 0.4) is 0 Å². The van der Waals surface area contributed by atoms with E-state index in [1.807, 2.05) is 0 Å². The molecule has 2 rings (SSSR count). The third kappa shape index (κ3) is 6.71. The maximum atomic E-state index is 14.2. The third-order valence-corrected chi connectivity index (χ3v) is 5.20. The van der Waals surface area contributed by atoms with Crippen LogP contribution in [0.5, 0.6) is 0 Å². The molecule has 0 saturated carbocycles. The van der Waals surface area contributed by atoms with Gasteiger partial charge in [0.05, 0.1) is 6.61 Å². The van der Waals surface area contributed by atoms with Crippen LogP contribution >= 0.6 is 0 Å². The van der Waals surface area contributed by atoms with Crippen molar-refractivity contribution in [1.29, 1.82) is 0 Å². The quantitative estimate of drug-likeness (QED) is 0.163. The van der Waals surface area contributed by atoms with Gasteiger partial charge in [-0.3, -0.25) is 0 Å². The van der Waals surface area contributed by atoms with Crippen LogP contribution in [-0.4, -0.2) is 67.8 Å². The first kappa shape index (κ1) is 28.5. The van der Waals surface area contributed by atoms with Crippen LogP contribution in [0.4, 0.5) is 26.3 Å². The monoisotopic (exact) mass is 508 g/mol. The SMILES string of the molecule is OC[C@H](O)[C@@H](O)[C@H](O)[C@H](O)C(O)C(=C=CCc1c(F)ccc(F)c1F)Cc1c(F)ccc(F)c1F. The second kappa shape index (κ2) is 12.3. The van der Waals surface area contributed by atoms with Crippen LogP contribution in [0.25, 0.3) is 0 Å². The van der Waals surface area contributed by atoms with Gasteiger partial charge < -0.3 is 30.6 Å². The Balaban J connectivity index is 2.49. The van der Waals surface area contributed by atoms with E-state index >= 15 is 0 Å². The molecule has 0 spiro atoms. The molecular weight excluding hydrogens is 486 g/mol. The molecule has 35 heavy (non-hydrogen) atoms. The Kier molecular flexibility index (Phi) is 10.0. The Bertz CT molecular complexity index is 1100. The van der Waals surface area contributed by atoms with E-state index in [0.717, 1.165) is 6.08 Å². The Morgan fingerprint density at radius 1 is 0.714 bits per heavy atom. The highest BCUT2D eigenvalue weighted by atomic mass is 19.2. The lowest BCUT2D eigenvalue weighted by Crippen LogP contribution is -2.50. The molecule has 0 aliphatic carbocycles. The summed E-state index contributed by atoms with van der Waals surface area (Å²) < 4.78 is 83.0. The molecule has 0 amide bonds. The molecule has 1 unspecified atom stereocenters. The zero-order chi connectivity index (χ0) is 26.4. The highest BCUT2D eigenvalue weighted by Crippen LogP contribution is 2.23. The molecule has 2 aromatic rings. The molecule has 0 heterocycles. The molecule has 192 valence electrons. The number of benzene rings is 2. The molecule has 0 saturated heterocycles. The van der Waals surface area contributed by atoms with Gasteiger partial charge in [0, 0.05) is 29.5 Å². The van der Waals surface area contributed by atoms with Crippen molar-refractivity contribution in [1.82, 2.24) is 0 Å². The highest BCUT2D eigenvalue weighted by molar-refractivity contribution is 5.29. The van der Waals surface area contributed by atoms with Crippen molar-refractivity contribution >= 4 is 0 Å². The van der Waals surface area contributed by atoms with Crippen LogP contribution in [0.15, 0.2) is 41.6 Å². The van der Waals surface area contributed by atoms with Gasteiger partial charge in [-0.1, -0.05) is 0 Å². The van der Waals surface area contributed by atoms with Crippen molar-refractivity contribution in [3.63, 3.8) is 0 Å². The predicted octanol–water partition coefficient (Wildman–Crippen LogP) is 1.18. The van der Waals surface area contributed by atoms with Crippen molar-refractivity contribution in [3.05, 3.63) is 87.7 Å². The topological polar surface area (TPSA) is 121 Å². The molecular formula is C23H22F6O6. The fraction of sp³-hybridized carbons (Fsp3) is 0.348. The third-order valence-electron chi connectivity index (χ3n) is 5.20. The summed E-state index contributed by atoms with van der Waals surface area (Å²) in [6, 6.07) is 2.25. The zero-order valence-corrected chi connectivity index (χ0v) is 17.8. The fourth-order valence-electron chi connectivity index (χ4n) is 3.13. The van der Waals surface area contributed by atoms with Gasteiger partial charge in [-0.2, -0.15) is 0 Å². The summed E-state index contributed by atoms with van der Waals surface area (Å²) in [6.45, 7) is -1.03. The summed E-state index contributed by atoms with van der Waals surface area (Å²) in [7, 11) is 0. The summed E-state index contributed by atoms with van der Waals surface area (Å²) in [5.74, 6) is -8.39. The lowest BCUT2D eigenvalue weighted by atomic mass is 9.91. The van der Waals surface area contributed by atoms with Crippen LogP contribution in [0.2, 0.25) is 0 Å². The maximum absolute atomic E-state index is 14.2. The first-order valence-electron chi connectivity index (χ1n) is 10.1. The predicted molar refractivity (Wildman–Crippen MR) is 109 cm³/mol. The Labute approximate surface area is 195 Å². The summed E-state index contributed by atoms with van der Waals surface area (Å²) in [5.41, 5.74) is -0.0717. The van der Waals surface area contributed by atoms with E-state index in [-0.39, 0.29) is 0 Å². The van der Waals surface area contributed by atoms with Crippen LogP contribution < -0.4 is 0 Å². The van der Waals surface area contributed by atoms with E-state index in [1.54, 1.807) is 0 Å². The number of aliphatic hydroxyl groups excluding tert-OH is 6. The van der Waals surface area contributed by atoms with Gasteiger partial charge in [0.15, 0.2) is 23.3 Å². The van der Waals surface area contributed by atoms with Crippen LogP contribution in [-0.2, 0) is 12.8 Å². The van der Waals surface area contributed by atoms with Crippen molar-refractivity contribution in [2.75, 3.05) is 6.61 Å². The molecule has 0 aromatic heterocycles. The van der Waals surface area contributed by atoms with Crippen molar-refractivity contribution in [2.45, 2.75) is 43.4 Å². The summed E-state index contributed by atoms with van der Waals surface area (Å²) in [5, 5.41) is 58.7. The largest absolute Gasteiger partial charge is 0.394 e. The van der Waals surface area contributed by atoms with Crippen molar-refractivity contribution < 1.29 is 57.0 Å². The van der Waals surface area contributed by atoms with Gasteiger partial charge in [-0.25, -0.2) is 26.3 Å². The molecule has 5 atom stereocenters. The van der Waals surface area contributed by atoms with Crippen molar-refractivity contribution in [2.24, 2.45) is 0 Å². The van der Waals surface area contributed by atoms with Gasteiger partial charge in [-0.05, 0) is 30.3 Å². The first-order chi connectivity index (χ1) is 16.4. The lowest BCUT2D eigenvalue weighted by Gasteiger charge is -2.29.